The number of piperazine rings is 1. The van der Waals surface area contributed by atoms with E-state index in [0.717, 1.165) is 32.6 Å². The molecule has 1 rings (SSSR count). The molecular weight excluding hydrogens is 242 g/mol. The van der Waals surface area contributed by atoms with E-state index >= 15 is 0 Å². The van der Waals surface area contributed by atoms with Crippen LogP contribution in [0.15, 0.2) is 0 Å². The second-order valence-corrected chi connectivity index (χ2v) is 6.24. The molecule has 19 heavy (non-hydrogen) atoms. The van der Waals surface area contributed by atoms with Gasteiger partial charge in [0.1, 0.15) is 0 Å². The lowest BCUT2D eigenvalue weighted by molar-refractivity contribution is -0.122. The summed E-state index contributed by atoms with van der Waals surface area (Å²) in [6, 6.07) is 0. The van der Waals surface area contributed by atoms with Crippen molar-refractivity contribution < 1.29 is 9.53 Å². The summed E-state index contributed by atoms with van der Waals surface area (Å²) in [5.41, 5.74) is -0.0934. The number of likely N-dealkylation sites (N-methyl/N-ethyl adjacent to an activating group) is 1. The Morgan fingerprint density at radius 1 is 1.21 bits per heavy atom. The fourth-order valence-corrected chi connectivity index (χ4v) is 1.94. The Bertz CT molecular complexity index is 268. The molecule has 1 N–H and O–H groups in total. The number of ether oxygens (including phenoxy) is 1. The maximum absolute atomic E-state index is 11.7. The van der Waals surface area contributed by atoms with E-state index in [9.17, 15) is 4.79 Å². The van der Waals surface area contributed by atoms with E-state index in [1.54, 1.807) is 0 Å². The monoisotopic (exact) mass is 271 g/mol. The zero-order valence-corrected chi connectivity index (χ0v) is 12.9. The van der Waals surface area contributed by atoms with Crippen LogP contribution in [0.1, 0.15) is 27.2 Å². The number of rotatable bonds is 6. The highest BCUT2D eigenvalue weighted by Crippen LogP contribution is 2.06. The van der Waals surface area contributed by atoms with E-state index in [1.807, 2.05) is 20.8 Å². The predicted octanol–water partition coefficient (Wildman–Crippen LogP) is 0.555. The molecule has 1 saturated heterocycles. The fraction of sp³-hybridized carbons (Fsp3) is 0.929. The van der Waals surface area contributed by atoms with Gasteiger partial charge in [0.2, 0.25) is 5.91 Å². The van der Waals surface area contributed by atoms with Gasteiger partial charge < -0.3 is 15.0 Å². The maximum atomic E-state index is 11.7. The number of nitrogens with one attached hydrogen (secondary N) is 1. The number of nitrogens with zero attached hydrogens (tertiary/aromatic N) is 2. The minimum Gasteiger partial charge on any atom is -0.376 e. The van der Waals surface area contributed by atoms with Gasteiger partial charge in [-0.2, -0.15) is 0 Å². The van der Waals surface area contributed by atoms with Crippen LogP contribution in [-0.4, -0.2) is 74.2 Å². The quantitative estimate of drug-likeness (QED) is 0.717. The first-order valence-electron chi connectivity index (χ1n) is 7.18. The van der Waals surface area contributed by atoms with Crippen LogP contribution in [0.2, 0.25) is 0 Å². The summed E-state index contributed by atoms with van der Waals surface area (Å²) < 4.78 is 5.61. The summed E-state index contributed by atoms with van der Waals surface area (Å²) in [4.78, 5) is 16.2. The SMILES string of the molecule is CN1CCN(CC(=O)NCCCOC(C)(C)C)CC1. The molecule has 5 nitrogen and oxygen atoms in total. The summed E-state index contributed by atoms with van der Waals surface area (Å²) in [6.45, 7) is 12.1. The van der Waals surface area contributed by atoms with Gasteiger partial charge in [-0.25, -0.2) is 0 Å². The van der Waals surface area contributed by atoms with E-state index < -0.39 is 0 Å². The summed E-state index contributed by atoms with van der Waals surface area (Å²) in [7, 11) is 2.12. The normalized spacial score (nSPS) is 18.5. The van der Waals surface area contributed by atoms with Crippen LogP contribution in [0.25, 0.3) is 0 Å². The van der Waals surface area contributed by atoms with Crippen LogP contribution in [0.3, 0.4) is 0 Å². The predicted molar refractivity (Wildman–Crippen MR) is 77.3 cm³/mol. The molecule has 1 aliphatic rings. The number of hydrogen-bond donors (Lipinski definition) is 1. The molecule has 0 aromatic rings. The largest absolute Gasteiger partial charge is 0.376 e. The molecule has 1 aliphatic heterocycles. The Kier molecular flexibility index (Phi) is 6.75. The van der Waals surface area contributed by atoms with Crippen LogP contribution in [0.5, 0.6) is 0 Å². The van der Waals surface area contributed by atoms with Crippen LogP contribution in [-0.2, 0) is 9.53 Å². The molecule has 1 fully saturated rings. The molecule has 0 saturated carbocycles. The summed E-state index contributed by atoms with van der Waals surface area (Å²) in [5.74, 6) is 0.125. The van der Waals surface area contributed by atoms with E-state index in [2.05, 4.69) is 22.2 Å². The van der Waals surface area contributed by atoms with Gasteiger partial charge in [0.25, 0.3) is 0 Å². The van der Waals surface area contributed by atoms with Crippen LogP contribution in [0, 0.1) is 0 Å². The van der Waals surface area contributed by atoms with Gasteiger partial charge in [0.15, 0.2) is 0 Å². The fourth-order valence-electron chi connectivity index (χ4n) is 1.94. The van der Waals surface area contributed by atoms with Crippen molar-refractivity contribution in [3.63, 3.8) is 0 Å². The van der Waals surface area contributed by atoms with Gasteiger partial charge in [-0.05, 0) is 34.2 Å². The first kappa shape index (κ1) is 16.4. The molecule has 1 amide bonds. The molecule has 0 spiro atoms. The molecule has 1 heterocycles. The topological polar surface area (TPSA) is 44.8 Å². The second kappa shape index (κ2) is 7.82. The number of carbonyl (C=O) groups excluding carboxylic acids is 1. The minimum absolute atomic E-state index is 0.0934. The van der Waals surface area contributed by atoms with Crippen molar-refractivity contribution in [1.29, 1.82) is 0 Å². The van der Waals surface area contributed by atoms with Gasteiger partial charge in [-0.3, -0.25) is 9.69 Å². The first-order valence-corrected chi connectivity index (χ1v) is 7.18. The van der Waals surface area contributed by atoms with Crippen LogP contribution in [0.4, 0.5) is 0 Å². The van der Waals surface area contributed by atoms with Crippen molar-refractivity contribution in [2.45, 2.75) is 32.8 Å². The molecule has 0 aromatic carbocycles. The van der Waals surface area contributed by atoms with Crippen molar-refractivity contribution in [1.82, 2.24) is 15.1 Å². The summed E-state index contributed by atoms with van der Waals surface area (Å²) in [5, 5.41) is 2.95. The lowest BCUT2D eigenvalue weighted by Gasteiger charge is -2.31. The lowest BCUT2D eigenvalue weighted by Crippen LogP contribution is -2.48. The average Bonchev–Trinajstić information content (AvgIpc) is 2.30. The Balaban J connectivity index is 2.02. The Morgan fingerprint density at radius 2 is 1.84 bits per heavy atom. The third-order valence-electron chi connectivity index (χ3n) is 3.14. The summed E-state index contributed by atoms with van der Waals surface area (Å²) >= 11 is 0. The molecule has 0 unspecified atom stereocenters. The number of hydrogen-bond acceptors (Lipinski definition) is 4. The van der Waals surface area contributed by atoms with Gasteiger partial charge >= 0.3 is 0 Å². The summed E-state index contributed by atoms with van der Waals surface area (Å²) in [6.07, 6.45) is 0.867. The van der Waals surface area contributed by atoms with E-state index in [-0.39, 0.29) is 11.5 Å². The molecule has 0 aliphatic carbocycles. The smallest absolute Gasteiger partial charge is 0.234 e. The standard InChI is InChI=1S/C14H29N3O2/c1-14(2,3)19-11-5-6-15-13(18)12-17-9-7-16(4)8-10-17/h5-12H2,1-4H3,(H,15,18). The van der Waals surface area contributed by atoms with Crippen LogP contribution < -0.4 is 5.32 Å². The highest BCUT2D eigenvalue weighted by Gasteiger charge is 2.16. The van der Waals surface area contributed by atoms with E-state index in [0.29, 0.717) is 19.7 Å². The first-order chi connectivity index (χ1) is 8.87. The van der Waals surface area contributed by atoms with Crippen molar-refractivity contribution in [2.24, 2.45) is 0 Å². The molecule has 0 bridgehead atoms. The Hall–Kier alpha value is -0.650. The Labute approximate surface area is 117 Å². The molecule has 0 radical (unpaired) electrons. The van der Waals surface area contributed by atoms with Crippen molar-refractivity contribution in [2.75, 3.05) is 52.9 Å². The third-order valence-corrected chi connectivity index (χ3v) is 3.14. The van der Waals surface area contributed by atoms with Gasteiger partial charge in [0, 0.05) is 39.3 Å². The zero-order chi connectivity index (χ0) is 14.3. The average molecular weight is 271 g/mol. The van der Waals surface area contributed by atoms with Crippen LogP contribution >= 0.6 is 0 Å². The van der Waals surface area contributed by atoms with Crippen molar-refractivity contribution in [3.05, 3.63) is 0 Å². The minimum atomic E-state index is -0.0934. The number of carbonyl (C=O) groups is 1. The third kappa shape index (κ3) is 8.18. The van der Waals surface area contributed by atoms with Gasteiger partial charge in [0.05, 0.1) is 12.1 Å². The van der Waals surface area contributed by atoms with Crippen molar-refractivity contribution >= 4 is 5.91 Å². The highest BCUT2D eigenvalue weighted by atomic mass is 16.5. The van der Waals surface area contributed by atoms with Gasteiger partial charge in [-0.15, -0.1) is 0 Å². The molecule has 5 heteroatoms. The molecule has 112 valence electrons. The number of amides is 1. The zero-order valence-electron chi connectivity index (χ0n) is 12.9. The second-order valence-electron chi connectivity index (χ2n) is 6.24. The van der Waals surface area contributed by atoms with Gasteiger partial charge in [-0.1, -0.05) is 0 Å². The van der Waals surface area contributed by atoms with E-state index in [1.165, 1.54) is 0 Å². The van der Waals surface area contributed by atoms with Crippen molar-refractivity contribution in [3.8, 4) is 0 Å². The molecular formula is C14H29N3O2. The molecule has 0 aromatic heterocycles. The maximum Gasteiger partial charge on any atom is 0.234 e. The molecule has 0 atom stereocenters. The Morgan fingerprint density at radius 3 is 2.42 bits per heavy atom. The lowest BCUT2D eigenvalue weighted by atomic mass is 10.2. The highest BCUT2D eigenvalue weighted by molar-refractivity contribution is 5.77. The van der Waals surface area contributed by atoms with E-state index in [4.69, 9.17) is 4.74 Å².